The molecule has 17 heteroatoms. The van der Waals surface area contributed by atoms with Crippen LogP contribution >= 0.6 is 34.9 Å². The predicted molar refractivity (Wildman–Crippen MR) is 162 cm³/mol. The lowest BCUT2D eigenvalue weighted by Gasteiger charge is -2.49. The number of thioether (sulfide) groups is 1. The van der Waals surface area contributed by atoms with E-state index in [4.69, 9.17) is 25.9 Å². The number of carbonyl (C=O) groups excluding carboxylic acids is 4. The van der Waals surface area contributed by atoms with Gasteiger partial charge in [-0.1, -0.05) is 29.4 Å². The SMILES string of the molecule is COc1ccc(COC(=O)C2=C(/C=C/CCl)CS[C@@H]3[C@H](NC(=O)/C(=N\OCCCF)c4nsc(NC(C)=O)n4)C(=O)N23)cc1. The average Bonchev–Trinajstić information content (AvgIpc) is 3.48. The number of anilines is 1. The van der Waals surface area contributed by atoms with E-state index in [1.807, 2.05) is 0 Å². The van der Waals surface area contributed by atoms with Crippen LogP contribution < -0.4 is 15.4 Å². The lowest BCUT2D eigenvalue weighted by Crippen LogP contribution is -2.71. The van der Waals surface area contributed by atoms with Crippen LogP contribution in [0.3, 0.4) is 0 Å². The summed E-state index contributed by atoms with van der Waals surface area (Å²) in [5.74, 6) is -1.46. The summed E-state index contributed by atoms with van der Waals surface area (Å²) in [6, 6.07) is 5.96. The molecule has 0 bridgehead atoms. The van der Waals surface area contributed by atoms with E-state index >= 15 is 0 Å². The van der Waals surface area contributed by atoms with Gasteiger partial charge in [-0.05, 0) is 23.3 Å². The summed E-state index contributed by atoms with van der Waals surface area (Å²) in [6.45, 7) is 0.482. The first-order chi connectivity index (χ1) is 21.3. The van der Waals surface area contributed by atoms with Gasteiger partial charge in [-0.15, -0.1) is 23.4 Å². The molecule has 1 fully saturated rings. The maximum atomic E-state index is 13.4. The second-order valence-electron chi connectivity index (χ2n) is 9.14. The predicted octanol–water partition coefficient (Wildman–Crippen LogP) is 2.78. The molecule has 0 unspecified atom stereocenters. The van der Waals surface area contributed by atoms with Crippen molar-refractivity contribution in [3.05, 3.63) is 59.1 Å². The summed E-state index contributed by atoms with van der Waals surface area (Å²) in [7, 11) is 1.55. The molecule has 234 valence electrons. The van der Waals surface area contributed by atoms with E-state index in [1.165, 1.54) is 23.6 Å². The summed E-state index contributed by atoms with van der Waals surface area (Å²) < 4.78 is 27.3. The maximum absolute atomic E-state index is 13.4. The maximum Gasteiger partial charge on any atom is 0.355 e. The smallest absolute Gasteiger partial charge is 0.355 e. The minimum absolute atomic E-state index is 0.0395. The van der Waals surface area contributed by atoms with Crippen LogP contribution in [0, 0.1) is 0 Å². The lowest BCUT2D eigenvalue weighted by molar-refractivity contribution is -0.153. The highest BCUT2D eigenvalue weighted by molar-refractivity contribution is 8.00. The van der Waals surface area contributed by atoms with Crippen molar-refractivity contribution in [3.8, 4) is 5.75 Å². The Balaban J connectivity index is 1.51. The second kappa shape index (κ2) is 15.6. The molecule has 3 heterocycles. The zero-order valence-electron chi connectivity index (χ0n) is 23.6. The van der Waals surface area contributed by atoms with Gasteiger partial charge in [-0.3, -0.25) is 23.7 Å². The quantitative estimate of drug-likeness (QED) is 0.0766. The summed E-state index contributed by atoms with van der Waals surface area (Å²) in [5, 5.41) is 8.34. The van der Waals surface area contributed by atoms with Crippen LogP contribution in [-0.2, 0) is 35.4 Å². The third-order valence-corrected chi connectivity index (χ3v) is 8.19. The van der Waals surface area contributed by atoms with Gasteiger partial charge in [0.2, 0.25) is 22.6 Å². The molecule has 13 nitrogen and oxygen atoms in total. The summed E-state index contributed by atoms with van der Waals surface area (Å²) in [5.41, 5.74) is 0.954. The summed E-state index contributed by atoms with van der Waals surface area (Å²) >= 11 is 7.97. The van der Waals surface area contributed by atoms with E-state index in [9.17, 15) is 23.6 Å². The number of methoxy groups -OCH3 is 1. The molecule has 2 aliphatic rings. The normalized spacial score (nSPS) is 18.0. The number of amides is 3. The lowest BCUT2D eigenvalue weighted by atomic mass is 10.0. The number of esters is 1. The first-order valence-corrected chi connectivity index (χ1v) is 15.5. The number of nitrogens with one attached hydrogen (secondary N) is 2. The Kier molecular flexibility index (Phi) is 11.7. The summed E-state index contributed by atoms with van der Waals surface area (Å²) in [4.78, 5) is 61.8. The van der Waals surface area contributed by atoms with Crippen LogP contribution in [0.25, 0.3) is 0 Å². The molecule has 0 aliphatic carbocycles. The van der Waals surface area contributed by atoms with Crippen molar-refractivity contribution >= 4 is 69.4 Å². The van der Waals surface area contributed by atoms with Gasteiger partial charge < -0.3 is 24.9 Å². The Bertz CT molecular complexity index is 1480. The number of β-lactam (4-membered cyclic amide) rings is 1. The van der Waals surface area contributed by atoms with Gasteiger partial charge in [0.05, 0.1) is 13.8 Å². The Morgan fingerprint density at radius 3 is 2.73 bits per heavy atom. The Morgan fingerprint density at radius 1 is 1.27 bits per heavy atom. The number of ether oxygens (including phenoxy) is 2. The first kappa shape index (κ1) is 32.9. The van der Waals surface area contributed by atoms with Gasteiger partial charge in [-0.25, -0.2) is 4.79 Å². The molecule has 1 aromatic carbocycles. The number of alkyl halides is 2. The molecule has 44 heavy (non-hydrogen) atoms. The molecule has 1 saturated heterocycles. The van der Waals surface area contributed by atoms with E-state index in [-0.39, 0.29) is 47.9 Å². The van der Waals surface area contributed by atoms with Crippen LogP contribution in [0.1, 0.15) is 24.7 Å². The van der Waals surface area contributed by atoms with Gasteiger partial charge in [0.25, 0.3) is 11.8 Å². The molecule has 2 aliphatic heterocycles. The fourth-order valence-corrected chi connectivity index (χ4v) is 6.05. The standard InChI is InChI=1S/C27H28ClFN6O7S2/c1-15(36)30-27-32-22(34-44-27)19(33-42-12-4-11-29)23(37)31-20-24(38)35-21(17(5-3-10-28)14-43-25(20)35)26(39)41-13-16-6-8-18(40-2)9-7-16/h3,5-9,20,25H,4,10-14H2,1-2H3,(H,31,37)(H,30,32,34,36)/b5-3+,33-19-/t20-,25-/m1/s1. The van der Waals surface area contributed by atoms with Crippen molar-refractivity contribution < 1.29 is 37.9 Å². The third kappa shape index (κ3) is 7.92. The number of allylic oxidation sites excluding steroid dienone is 2. The second-order valence-corrected chi connectivity index (χ2v) is 11.3. The zero-order chi connectivity index (χ0) is 31.6. The molecule has 2 N–H and O–H groups in total. The van der Waals surface area contributed by atoms with E-state index < -0.39 is 41.8 Å². The van der Waals surface area contributed by atoms with Crippen LogP contribution in [-0.4, -0.2) is 87.1 Å². The number of fused-ring (bicyclic) bond motifs is 1. The van der Waals surface area contributed by atoms with Gasteiger partial charge in [0, 0.05) is 36.5 Å². The van der Waals surface area contributed by atoms with Crippen LogP contribution in [0.5, 0.6) is 5.75 Å². The van der Waals surface area contributed by atoms with E-state index in [0.717, 1.165) is 17.1 Å². The largest absolute Gasteiger partial charge is 0.497 e. The molecular formula is C27H28ClFN6O7S2. The number of halogens is 2. The van der Waals surface area contributed by atoms with Crippen molar-refractivity contribution in [3.63, 3.8) is 0 Å². The van der Waals surface area contributed by atoms with Gasteiger partial charge in [-0.2, -0.15) is 9.36 Å². The molecule has 2 atom stereocenters. The number of carbonyl (C=O) groups is 4. The molecule has 0 radical (unpaired) electrons. The first-order valence-electron chi connectivity index (χ1n) is 13.2. The Hall–Kier alpha value is -4.02. The highest BCUT2D eigenvalue weighted by Crippen LogP contribution is 2.41. The van der Waals surface area contributed by atoms with Crippen molar-refractivity contribution in [1.82, 2.24) is 19.6 Å². The van der Waals surface area contributed by atoms with Gasteiger partial charge in [0.1, 0.15) is 36.1 Å². The Morgan fingerprint density at radius 2 is 2.05 bits per heavy atom. The number of hydrogen-bond donors (Lipinski definition) is 2. The summed E-state index contributed by atoms with van der Waals surface area (Å²) in [6.07, 6.45) is 3.36. The van der Waals surface area contributed by atoms with Crippen LogP contribution in [0.2, 0.25) is 0 Å². The molecule has 3 amide bonds. The number of aromatic nitrogens is 2. The minimum Gasteiger partial charge on any atom is -0.497 e. The van der Waals surface area contributed by atoms with Crippen molar-refractivity contribution in [1.29, 1.82) is 0 Å². The van der Waals surface area contributed by atoms with Gasteiger partial charge in [0.15, 0.2) is 0 Å². The molecule has 2 aromatic rings. The minimum atomic E-state index is -1.03. The van der Waals surface area contributed by atoms with E-state index in [2.05, 4.69) is 25.1 Å². The van der Waals surface area contributed by atoms with Crippen molar-refractivity contribution in [2.24, 2.45) is 5.16 Å². The molecule has 0 spiro atoms. The van der Waals surface area contributed by atoms with Gasteiger partial charge >= 0.3 is 5.97 Å². The molecule has 4 rings (SSSR count). The fraction of sp³-hybridized carbons (Fsp3) is 0.370. The zero-order valence-corrected chi connectivity index (χ0v) is 26.0. The highest BCUT2D eigenvalue weighted by Gasteiger charge is 2.54. The molecule has 0 saturated carbocycles. The molecular weight excluding hydrogens is 639 g/mol. The number of rotatable bonds is 14. The number of oxime groups is 1. The van der Waals surface area contributed by atoms with E-state index in [1.54, 1.807) is 43.5 Å². The van der Waals surface area contributed by atoms with Crippen LogP contribution in [0.15, 0.2) is 52.8 Å². The monoisotopic (exact) mass is 666 g/mol. The van der Waals surface area contributed by atoms with E-state index in [0.29, 0.717) is 17.1 Å². The van der Waals surface area contributed by atoms with Crippen molar-refractivity contribution in [2.45, 2.75) is 31.4 Å². The fourth-order valence-electron chi connectivity index (χ4n) is 4.03. The third-order valence-electron chi connectivity index (χ3n) is 6.08. The molecule has 1 aromatic heterocycles. The van der Waals surface area contributed by atoms with Crippen LogP contribution in [0.4, 0.5) is 9.52 Å². The average molecular weight is 667 g/mol. The topological polar surface area (TPSA) is 161 Å². The highest BCUT2D eigenvalue weighted by atomic mass is 35.5. The number of benzene rings is 1. The van der Waals surface area contributed by atoms with Crippen molar-refractivity contribution in [2.75, 3.05) is 37.3 Å². The Labute approximate surface area is 265 Å². The number of hydrogen-bond acceptors (Lipinski definition) is 12. The number of nitrogens with zero attached hydrogens (tertiary/aromatic N) is 4.